The van der Waals surface area contributed by atoms with Crippen molar-refractivity contribution >= 4 is 6.29 Å². The number of nitrogens with one attached hydrogen (secondary N) is 1. The van der Waals surface area contributed by atoms with Crippen molar-refractivity contribution in [3.8, 4) is 0 Å². The number of morpholine rings is 1. The molecule has 0 aliphatic carbocycles. The molecule has 1 N–H and O–H groups in total. The van der Waals surface area contributed by atoms with E-state index < -0.39 is 0 Å². The summed E-state index contributed by atoms with van der Waals surface area (Å²) >= 11 is 0. The second-order valence-corrected chi connectivity index (χ2v) is 3.46. The summed E-state index contributed by atoms with van der Waals surface area (Å²) < 4.78 is 10.6. The van der Waals surface area contributed by atoms with Gasteiger partial charge in [-0.25, -0.2) is 0 Å². The predicted molar refractivity (Wildman–Crippen MR) is 49.3 cm³/mol. The fraction of sp³-hybridized carbons (Fsp3) is 0.500. The molecule has 76 valence electrons. The van der Waals surface area contributed by atoms with Gasteiger partial charge in [-0.05, 0) is 12.1 Å². The Labute approximate surface area is 82.4 Å². The number of carbonyl (C=O) groups excluding carboxylic acids is 1. The Bertz CT molecular complexity index is 302. The lowest BCUT2D eigenvalue weighted by molar-refractivity contribution is -0.922. The summed E-state index contributed by atoms with van der Waals surface area (Å²) in [5, 5.41) is 0. The lowest BCUT2D eigenvalue weighted by Crippen LogP contribution is -3.12. The van der Waals surface area contributed by atoms with E-state index in [2.05, 4.69) is 0 Å². The van der Waals surface area contributed by atoms with E-state index in [0.29, 0.717) is 5.76 Å². The highest BCUT2D eigenvalue weighted by Crippen LogP contribution is 2.03. The maximum atomic E-state index is 10.4. The second-order valence-electron chi connectivity index (χ2n) is 3.46. The molecule has 0 aromatic carbocycles. The molecule has 1 fully saturated rings. The number of carbonyl (C=O) groups is 1. The minimum Gasteiger partial charge on any atom is -0.452 e. The Morgan fingerprint density at radius 1 is 1.36 bits per heavy atom. The molecule has 1 aliphatic heterocycles. The molecule has 4 heteroatoms. The molecule has 0 unspecified atom stereocenters. The van der Waals surface area contributed by atoms with Crippen LogP contribution in [0, 0.1) is 0 Å². The van der Waals surface area contributed by atoms with Gasteiger partial charge in [0.15, 0.2) is 17.8 Å². The normalized spacial score (nSPS) is 18.3. The molecule has 0 saturated carbocycles. The van der Waals surface area contributed by atoms with Crippen LogP contribution in [0.3, 0.4) is 0 Å². The number of quaternary nitrogens is 1. The minimum absolute atomic E-state index is 0.410. The van der Waals surface area contributed by atoms with Gasteiger partial charge in [0.1, 0.15) is 19.6 Å². The van der Waals surface area contributed by atoms with Gasteiger partial charge in [0.05, 0.1) is 13.2 Å². The zero-order valence-electron chi connectivity index (χ0n) is 7.99. The SMILES string of the molecule is O=Cc1ccc(C[NH+]2CCOCC2)o1. The summed E-state index contributed by atoms with van der Waals surface area (Å²) in [6, 6.07) is 3.58. The summed E-state index contributed by atoms with van der Waals surface area (Å²) in [4.78, 5) is 11.8. The van der Waals surface area contributed by atoms with Crippen LogP contribution in [0.1, 0.15) is 16.3 Å². The van der Waals surface area contributed by atoms with E-state index in [4.69, 9.17) is 9.15 Å². The fourth-order valence-electron chi connectivity index (χ4n) is 1.64. The molecule has 0 bridgehead atoms. The molecule has 2 heterocycles. The molecule has 1 aromatic heterocycles. The van der Waals surface area contributed by atoms with Crippen molar-refractivity contribution in [2.24, 2.45) is 0 Å². The predicted octanol–water partition coefficient (Wildman–Crippen LogP) is -0.493. The van der Waals surface area contributed by atoms with Crippen molar-refractivity contribution in [3.63, 3.8) is 0 Å². The van der Waals surface area contributed by atoms with Gasteiger partial charge in [0, 0.05) is 0 Å². The Balaban J connectivity index is 1.92. The van der Waals surface area contributed by atoms with Crippen molar-refractivity contribution in [2.75, 3.05) is 26.3 Å². The third-order valence-electron chi connectivity index (χ3n) is 2.42. The van der Waals surface area contributed by atoms with Crippen molar-refractivity contribution in [3.05, 3.63) is 23.7 Å². The molecule has 1 saturated heterocycles. The number of furan rings is 1. The topological polar surface area (TPSA) is 43.9 Å². The maximum absolute atomic E-state index is 10.4. The van der Waals surface area contributed by atoms with E-state index in [1.807, 2.05) is 6.07 Å². The summed E-state index contributed by atoms with van der Waals surface area (Å²) in [5.74, 6) is 1.29. The van der Waals surface area contributed by atoms with Crippen molar-refractivity contribution in [1.29, 1.82) is 0 Å². The third kappa shape index (κ3) is 2.21. The Hall–Kier alpha value is -1.13. The first-order valence-corrected chi connectivity index (χ1v) is 4.83. The second kappa shape index (κ2) is 4.39. The van der Waals surface area contributed by atoms with Crippen LogP contribution in [0.4, 0.5) is 0 Å². The van der Waals surface area contributed by atoms with Gasteiger partial charge in [-0.2, -0.15) is 0 Å². The van der Waals surface area contributed by atoms with Crippen LogP contribution >= 0.6 is 0 Å². The molecule has 4 nitrogen and oxygen atoms in total. The Kier molecular flexibility index (Phi) is 2.96. The zero-order chi connectivity index (χ0) is 9.80. The quantitative estimate of drug-likeness (QED) is 0.663. The van der Waals surface area contributed by atoms with E-state index in [9.17, 15) is 4.79 Å². The molecule has 0 spiro atoms. The van der Waals surface area contributed by atoms with E-state index >= 15 is 0 Å². The van der Waals surface area contributed by atoms with Crippen LogP contribution in [0.5, 0.6) is 0 Å². The molecule has 0 radical (unpaired) electrons. The van der Waals surface area contributed by atoms with Gasteiger partial charge in [-0.15, -0.1) is 0 Å². The maximum Gasteiger partial charge on any atom is 0.185 e. The number of hydrogen-bond acceptors (Lipinski definition) is 3. The number of aldehydes is 1. The van der Waals surface area contributed by atoms with Gasteiger partial charge in [-0.3, -0.25) is 4.79 Å². The molecule has 2 rings (SSSR count). The average molecular weight is 196 g/mol. The number of rotatable bonds is 3. The van der Waals surface area contributed by atoms with E-state index in [1.54, 1.807) is 6.07 Å². The first kappa shape index (κ1) is 9.43. The zero-order valence-corrected chi connectivity index (χ0v) is 7.99. The van der Waals surface area contributed by atoms with E-state index in [1.165, 1.54) is 4.90 Å². The lowest BCUT2D eigenvalue weighted by atomic mass is 10.3. The van der Waals surface area contributed by atoms with Crippen LogP contribution in [-0.4, -0.2) is 32.6 Å². The van der Waals surface area contributed by atoms with Gasteiger partial charge in [-0.1, -0.05) is 0 Å². The highest BCUT2D eigenvalue weighted by Gasteiger charge is 2.15. The van der Waals surface area contributed by atoms with Gasteiger partial charge >= 0.3 is 0 Å². The smallest absolute Gasteiger partial charge is 0.185 e. The van der Waals surface area contributed by atoms with Crippen LogP contribution in [0.2, 0.25) is 0 Å². The van der Waals surface area contributed by atoms with E-state index in [0.717, 1.165) is 44.9 Å². The van der Waals surface area contributed by atoms with Crippen LogP contribution in [0.15, 0.2) is 16.5 Å². The Morgan fingerprint density at radius 3 is 2.79 bits per heavy atom. The van der Waals surface area contributed by atoms with Gasteiger partial charge in [0.2, 0.25) is 0 Å². The highest BCUT2D eigenvalue weighted by atomic mass is 16.5. The number of ether oxygens (including phenoxy) is 1. The fourth-order valence-corrected chi connectivity index (χ4v) is 1.64. The molecule has 14 heavy (non-hydrogen) atoms. The first-order valence-electron chi connectivity index (χ1n) is 4.83. The summed E-state index contributed by atoms with van der Waals surface area (Å²) in [5.41, 5.74) is 0. The monoisotopic (exact) mass is 196 g/mol. The van der Waals surface area contributed by atoms with Crippen LogP contribution in [0.25, 0.3) is 0 Å². The van der Waals surface area contributed by atoms with Gasteiger partial charge in [0.25, 0.3) is 0 Å². The Morgan fingerprint density at radius 2 is 2.14 bits per heavy atom. The standard InChI is InChI=1S/C10H13NO3/c12-8-10-2-1-9(14-10)7-11-3-5-13-6-4-11/h1-2,8H,3-7H2/p+1. The van der Waals surface area contributed by atoms with Crippen molar-refractivity contribution in [2.45, 2.75) is 6.54 Å². The largest absolute Gasteiger partial charge is 0.452 e. The molecule has 0 atom stereocenters. The molecule has 0 amide bonds. The van der Waals surface area contributed by atoms with E-state index in [-0.39, 0.29) is 0 Å². The molecular weight excluding hydrogens is 182 g/mol. The highest BCUT2D eigenvalue weighted by molar-refractivity contribution is 5.70. The molecule has 1 aromatic rings. The average Bonchev–Trinajstić information content (AvgIpc) is 2.67. The first-order chi connectivity index (χ1) is 6.88. The minimum atomic E-state index is 0.410. The van der Waals surface area contributed by atoms with Crippen molar-refractivity contribution in [1.82, 2.24) is 0 Å². The lowest BCUT2D eigenvalue weighted by Gasteiger charge is -2.22. The van der Waals surface area contributed by atoms with Crippen LogP contribution in [-0.2, 0) is 11.3 Å². The summed E-state index contributed by atoms with van der Waals surface area (Å²) in [6.07, 6.45) is 0.734. The molecule has 1 aliphatic rings. The molecular formula is C10H14NO3+. The van der Waals surface area contributed by atoms with Crippen LogP contribution < -0.4 is 4.90 Å². The van der Waals surface area contributed by atoms with Gasteiger partial charge < -0.3 is 14.1 Å². The number of hydrogen-bond donors (Lipinski definition) is 1. The summed E-state index contributed by atoms with van der Waals surface area (Å²) in [6.45, 7) is 4.50. The third-order valence-corrected chi connectivity index (χ3v) is 2.42. The van der Waals surface area contributed by atoms with Crippen molar-refractivity contribution < 1.29 is 18.8 Å². The summed E-state index contributed by atoms with van der Waals surface area (Å²) in [7, 11) is 0.